The van der Waals surface area contributed by atoms with E-state index in [-0.39, 0.29) is 28.2 Å². The molecule has 31 heavy (non-hydrogen) atoms. The molecule has 0 fully saturated rings. The third-order valence-electron chi connectivity index (χ3n) is 4.05. The van der Waals surface area contributed by atoms with Crippen LogP contribution in [0.3, 0.4) is 0 Å². The number of halogens is 2. The number of hydrogen-bond acceptors (Lipinski definition) is 5. The van der Waals surface area contributed by atoms with Gasteiger partial charge in [-0.25, -0.2) is 8.42 Å². The van der Waals surface area contributed by atoms with Crippen LogP contribution in [0.2, 0.25) is 10.0 Å². The van der Waals surface area contributed by atoms with E-state index in [1.807, 2.05) is 24.5 Å². The lowest BCUT2D eigenvalue weighted by atomic mass is 10.3. The van der Waals surface area contributed by atoms with Gasteiger partial charge in [-0.1, -0.05) is 35.3 Å². The van der Waals surface area contributed by atoms with Crippen molar-refractivity contribution in [3.8, 4) is 5.75 Å². The number of sulfonamides is 1. The smallest absolute Gasteiger partial charge is 0.262 e. The molecular formula is C21H18Cl2N2O4S2. The number of amides is 1. The van der Waals surface area contributed by atoms with Crippen LogP contribution in [0.1, 0.15) is 0 Å². The van der Waals surface area contributed by atoms with E-state index in [2.05, 4.69) is 10.0 Å². The van der Waals surface area contributed by atoms with Crippen molar-refractivity contribution in [3.05, 3.63) is 76.8 Å². The topological polar surface area (TPSA) is 84.5 Å². The fourth-order valence-corrected chi connectivity index (χ4v) is 4.64. The average Bonchev–Trinajstić information content (AvgIpc) is 2.74. The Hall–Kier alpha value is -2.39. The van der Waals surface area contributed by atoms with Crippen LogP contribution in [0.5, 0.6) is 5.75 Å². The monoisotopic (exact) mass is 496 g/mol. The molecule has 0 spiro atoms. The summed E-state index contributed by atoms with van der Waals surface area (Å²) in [7, 11) is -3.86. The van der Waals surface area contributed by atoms with Crippen LogP contribution < -0.4 is 14.8 Å². The summed E-state index contributed by atoms with van der Waals surface area (Å²) in [6.45, 7) is -0.280. The molecule has 0 aromatic heterocycles. The normalized spacial score (nSPS) is 11.1. The maximum absolute atomic E-state index is 12.6. The van der Waals surface area contributed by atoms with Crippen LogP contribution in [0, 0.1) is 0 Å². The summed E-state index contributed by atoms with van der Waals surface area (Å²) in [5.74, 6) is -0.168. The second-order valence-corrected chi connectivity index (χ2v) is 9.62. The second kappa shape index (κ2) is 10.3. The van der Waals surface area contributed by atoms with E-state index < -0.39 is 10.0 Å². The van der Waals surface area contributed by atoms with Gasteiger partial charge in [-0.15, -0.1) is 11.8 Å². The maximum Gasteiger partial charge on any atom is 0.262 e. The first-order valence-electron chi connectivity index (χ1n) is 8.92. The molecule has 0 saturated heterocycles. The van der Waals surface area contributed by atoms with Gasteiger partial charge in [0.1, 0.15) is 5.75 Å². The highest BCUT2D eigenvalue weighted by molar-refractivity contribution is 7.98. The van der Waals surface area contributed by atoms with Gasteiger partial charge >= 0.3 is 0 Å². The van der Waals surface area contributed by atoms with Gasteiger partial charge in [-0.3, -0.25) is 9.52 Å². The molecule has 0 aliphatic rings. The Labute approximate surface area is 195 Å². The molecule has 1 amide bonds. The lowest BCUT2D eigenvalue weighted by Crippen LogP contribution is -2.20. The molecule has 0 bridgehead atoms. The van der Waals surface area contributed by atoms with Gasteiger partial charge in [-0.05, 0) is 60.9 Å². The summed E-state index contributed by atoms with van der Waals surface area (Å²) in [4.78, 5) is 13.1. The highest BCUT2D eigenvalue weighted by Gasteiger charge is 2.17. The highest BCUT2D eigenvalue weighted by Crippen LogP contribution is 2.29. The molecule has 3 aromatic rings. The number of ether oxygens (including phenoxy) is 1. The van der Waals surface area contributed by atoms with Crippen LogP contribution in [0.4, 0.5) is 11.4 Å². The molecule has 0 saturated carbocycles. The van der Waals surface area contributed by atoms with Gasteiger partial charge in [0.05, 0.1) is 15.6 Å². The largest absolute Gasteiger partial charge is 0.482 e. The van der Waals surface area contributed by atoms with Crippen molar-refractivity contribution < 1.29 is 17.9 Å². The quantitative estimate of drug-likeness (QED) is 0.400. The van der Waals surface area contributed by atoms with Crippen LogP contribution in [-0.2, 0) is 14.8 Å². The van der Waals surface area contributed by atoms with E-state index >= 15 is 0 Å². The first-order chi connectivity index (χ1) is 14.8. The number of nitrogens with one attached hydrogen (secondary N) is 2. The Balaban J connectivity index is 1.65. The first kappa shape index (κ1) is 23.3. The molecule has 0 atom stereocenters. The van der Waals surface area contributed by atoms with E-state index in [9.17, 15) is 13.2 Å². The zero-order valence-corrected chi connectivity index (χ0v) is 19.4. The fourth-order valence-electron chi connectivity index (χ4n) is 2.58. The number of carbonyl (C=O) groups excluding carboxylic acids is 1. The van der Waals surface area contributed by atoms with Gasteiger partial charge in [0.25, 0.3) is 15.9 Å². The van der Waals surface area contributed by atoms with Gasteiger partial charge < -0.3 is 10.1 Å². The molecule has 0 unspecified atom stereocenters. The van der Waals surface area contributed by atoms with E-state index in [0.717, 1.165) is 4.90 Å². The zero-order chi connectivity index (χ0) is 22.4. The summed E-state index contributed by atoms with van der Waals surface area (Å²) in [6.07, 6.45) is 1.92. The van der Waals surface area contributed by atoms with Crippen LogP contribution >= 0.6 is 35.0 Å². The summed E-state index contributed by atoms with van der Waals surface area (Å²) >= 11 is 13.5. The van der Waals surface area contributed by atoms with E-state index in [1.54, 1.807) is 30.3 Å². The SMILES string of the molecule is CSc1ccccc1NC(=O)COc1ccc(S(=O)(=O)Nc2ccc(Cl)cc2)cc1Cl. The van der Waals surface area contributed by atoms with Crippen LogP contribution in [0.15, 0.2) is 76.5 Å². The van der Waals surface area contributed by atoms with Gasteiger partial charge in [0, 0.05) is 15.6 Å². The number of rotatable bonds is 8. The number of carbonyl (C=O) groups is 1. The third-order valence-corrected chi connectivity index (χ3v) is 6.77. The zero-order valence-electron chi connectivity index (χ0n) is 16.3. The number of thioether (sulfide) groups is 1. The van der Waals surface area contributed by atoms with E-state index in [0.29, 0.717) is 16.4 Å². The Kier molecular flexibility index (Phi) is 7.72. The number of para-hydroxylation sites is 1. The van der Waals surface area contributed by atoms with Crippen LogP contribution in [0.25, 0.3) is 0 Å². The Morgan fingerprint density at radius 3 is 2.42 bits per heavy atom. The average molecular weight is 497 g/mol. The Bertz CT molecular complexity index is 1190. The third kappa shape index (κ3) is 6.30. The second-order valence-electron chi connectivity index (χ2n) is 6.24. The van der Waals surface area contributed by atoms with Crippen molar-refractivity contribution in [3.63, 3.8) is 0 Å². The highest BCUT2D eigenvalue weighted by atomic mass is 35.5. The first-order valence-corrected chi connectivity index (χ1v) is 12.4. The molecule has 3 rings (SSSR count). The van der Waals surface area contributed by atoms with Crippen molar-refractivity contribution in [2.24, 2.45) is 0 Å². The van der Waals surface area contributed by atoms with Crippen LogP contribution in [-0.4, -0.2) is 27.2 Å². The molecule has 3 aromatic carbocycles. The Morgan fingerprint density at radius 1 is 1.03 bits per heavy atom. The molecule has 0 heterocycles. The minimum atomic E-state index is -3.86. The van der Waals surface area contributed by atoms with E-state index in [4.69, 9.17) is 27.9 Å². The van der Waals surface area contributed by atoms with Gasteiger partial charge in [0.2, 0.25) is 0 Å². The number of hydrogen-bond donors (Lipinski definition) is 2. The summed E-state index contributed by atoms with van der Waals surface area (Å²) < 4.78 is 33.0. The molecule has 0 aliphatic carbocycles. The lowest BCUT2D eigenvalue weighted by Gasteiger charge is -2.12. The van der Waals surface area contributed by atoms with Gasteiger partial charge in [-0.2, -0.15) is 0 Å². The number of anilines is 2. The number of benzene rings is 3. The molecule has 0 aliphatic heterocycles. The molecular weight excluding hydrogens is 479 g/mol. The predicted molar refractivity (Wildman–Crippen MR) is 126 cm³/mol. The van der Waals surface area contributed by atoms with Crippen molar-refractivity contribution in [2.75, 3.05) is 22.9 Å². The predicted octanol–water partition coefficient (Wildman–Crippen LogP) is 5.53. The fraction of sp³-hybridized carbons (Fsp3) is 0.0952. The minimum absolute atomic E-state index is 0.0434. The van der Waals surface area contributed by atoms with Crippen molar-refractivity contribution in [1.82, 2.24) is 0 Å². The van der Waals surface area contributed by atoms with Gasteiger partial charge in [0.15, 0.2) is 6.61 Å². The summed E-state index contributed by atoms with van der Waals surface area (Å²) in [5, 5.41) is 3.33. The van der Waals surface area contributed by atoms with Crippen molar-refractivity contribution in [2.45, 2.75) is 9.79 Å². The lowest BCUT2D eigenvalue weighted by molar-refractivity contribution is -0.118. The molecule has 2 N–H and O–H groups in total. The standard InChI is InChI=1S/C21H18Cl2N2O4S2/c1-30-20-5-3-2-4-18(20)24-21(26)13-29-19-11-10-16(12-17(19)23)31(27,28)25-15-8-6-14(22)7-9-15/h2-12,25H,13H2,1H3,(H,24,26). The minimum Gasteiger partial charge on any atom is -0.482 e. The molecule has 162 valence electrons. The van der Waals surface area contributed by atoms with E-state index in [1.165, 1.54) is 30.0 Å². The molecule has 10 heteroatoms. The Morgan fingerprint density at radius 2 is 1.74 bits per heavy atom. The van der Waals surface area contributed by atoms with Crippen molar-refractivity contribution >= 4 is 62.3 Å². The summed E-state index contributed by atoms with van der Waals surface area (Å²) in [5.41, 5.74) is 1.05. The maximum atomic E-state index is 12.6. The molecule has 6 nitrogen and oxygen atoms in total. The summed E-state index contributed by atoms with van der Waals surface area (Å²) in [6, 6.07) is 17.7. The van der Waals surface area contributed by atoms with Crippen molar-refractivity contribution in [1.29, 1.82) is 0 Å². The molecule has 0 radical (unpaired) electrons.